The van der Waals surface area contributed by atoms with Crippen molar-refractivity contribution < 1.29 is 4.79 Å². The summed E-state index contributed by atoms with van der Waals surface area (Å²) in [5.41, 5.74) is 7.45. The van der Waals surface area contributed by atoms with E-state index in [4.69, 9.17) is 5.73 Å². The van der Waals surface area contributed by atoms with Crippen molar-refractivity contribution in [1.29, 1.82) is 0 Å². The number of benzene rings is 2. The lowest BCUT2D eigenvalue weighted by molar-refractivity contribution is -0.122. The van der Waals surface area contributed by atoms with E-state index in [9.17, 15) is 4.79 Å². The zero-order valence-corrected chi connectivity index (χ0v) is 12.6. The summed E-state index contributed by atoms with van der Waals surface area (Å²) in [6.07, 6.45) is 0. The van der Waals surface area contributed by atoms with Gasteiger partial charge in [-0.05, 0) is 36.8 Å². The van der Waals surface area contributed by atoms with Crippen LogP contribution in [0.25, 0.3) is 0 Å². The molecular weight excluding hydrogens is 262 g/mol. The van der Waals surface area contributed by atoms with E-state index in [1.54, 1.807) is 6.92 Å². The fraction of sp³-hybridized carbons (Fsp3) is 0.235. The zero-order chi connectivity index (χ0) is 15.5. The van der Waals surface area contributed by atoms with Gasteiger partial charge < -0.3 is 16.0 Å². The Hall–Kier alpha value is -2.49. The third-order valence-corrected chi connectivity index (χ3v) is 3.62. The van der Waals surface area contributed by atoms with Crippen LogP contribution in [0.15, 0.2) is 54.6 Å². The molecule has 4 heteroatoms. The molecule has 21 heavy (non-hydrogen) atoms. The lowest BCUT2D eigenvalue weighted by Gasteiger charge is -2.29. The molecule has 1 unspecified atom stereocenters. The fourth-order valence-corrected chi connectivity index (χ4v) is 2.18. The summed E-state index contributed by atoms with van der Waals surface area (Å²) < 4.78 is 0. The molecule has 0 fully saturated rings. The minimum absolute atomic E-state index is 0.413. The van der Waals surface area contributed by atoms with Crippen LogP contribution in [0.2, 0.25) is 0 Å². The Morgan fingerprint density at radius 2 is 1.62 bits per heavy atom. The Balaban J connectivity index is 2.35. The van der Waals surface area contributed by atoms with Crippen LogP contribution in [0, 0.1) is 0 Å². The van der Waals surface area contributed by atoms with E-state index < -0.39 is 11.4 Å². The van der Waals surface area contributed by atoms with Crippen LogP contribution >= 0.6 is 0 Å². The van der Waals surface area contributed by atoms with E-state index in [-0.39, 0.29) is 0 Å². The van der Waals surface area contributed by atoms with Crippen LogP contribution in [-0.4, -0.2) is 20.0 Å². The Morgan fingerprint density at radius 3 is 2.10 bits per heavy atom. The lowest BCUT2D eigenvalue weighted by atomic mass is 9.90. The summed E-state index contributed by atoms with van der Waals surface area (Å²) in [5, 5.41) is 3.23. The number of rotatable bonds is 5. The molecule has 0 radical (unpaired) electrons. The first-order chi connectivity index (χ1) is 9.93. The molecule has 0 aliphatic carbocycles. The fourth-order valence-electron chi connectivity index (χ4n) is 2.18. The number of primary amides is 1. The van der Waals surface area contributed by atoms with Crippen molar-refractivity contribution in [1.82, 2.24) is 0 Å². The molecule has 2 aromatic carbocycles. The number of carbonyl (C=O) groups is 1. The zero-order valence-electron chi connectivity index (χ0n) is 12.6. The van der Waals surface area contributed by atoms with Crippen LogP contribution in [0.1, 0.15) is 12.5 Å². The Morgan fingerprint density at radius 1 is 1.05 bits per heavy atom. The van der Waals surface area contributed by atoms with Gasteiger partial charge in [-0.2, -0.15) is 0 Å². The van der Waals surface area contributed by atoms with E-state index in [0.717, 1.165) is 16.9 Å². The van der Waals surface area contributed by atoms with Gasteiger partial charge in [-0.15, -0.1) is 0 Å². The van der Waals surface area contributed by atoms with Crippen LogP contribution in [-0.2, 0) is 10.3 Å². The number of carbonyl (C=O) groups excluding carboxylic acids is 1. The third-order valence-electron chi connectivity index (χ3n) is 3.62. The lowest BCUT2D eigenvalue weighted by Crippen LogP contribution is -2.45. The van der Waals surface area contributed by atoms with Crippen LogP contribution < -0.4 is 16.0 Å². The van der Waals surface area contributed by atoms with Crippen molar-refractivity contribution in [3.05, 3.63) is 60.2 Å². The molecule has 0 bridgehead atoms. The number of nitrogens with zero attached hydrogens (tertiary/aromatic N) is 1. The van der Waals surface area contributed by atoms with Gasteiger partial charge in [-0.1, -0.05) is 30.3 Å². The smallest absolute Gasteiger partial charge is 0.247 e. The minimum atomic E-state index is -0.952. The highest BCUT2D eigenvalue weighted by molar-refractivity contribution is 5.89. The van der Waals surface area contributed by atoms with Crippen molar-refractivity contribution in [3.8, 4) is 0 Å². The first-order valence-electron chi connectivity index (χ1n) is 6.84. The molecule has 2 rings (SSSR count). The predicted molar refractivity (Wildman–Crippen MR) is 87.4 cm³/mol. The van der Waals surface area contributed by atoms with E-state index in [0.29, 0.717) is 0 Å². The van der Waals surface area contributed by atoms with Gasteiger partial charge in [0.25, 0.3) is 0 Å². The first kappa shape index (κ1) is 14.9. The molecule has 1 atom stereocenters. The minimum Gasteiger partial charge on any atom is -0.378 e. The number of hydrogen-bond donors (Lipinski definition) is 2. The Kier molecular flexibility index (Phi) is 4.17. The molecule has 0 aliphatic heterocycles. The summed E-state index contributed by atoms with van der Waals surface area (Å²) >= 11 is 0. The van der Waals surface area contributed by atoms with E-state index >= 15 is 0 Å². The quantitative estimate of drug-likeness (QED) is 0.886. The van der Waals surface area contributed by atoms with Crippen molar-refractivity contribution in [2.75, 3.05) is 24.3 Å². The maximum absolute atomic E-state index is 12.0. The summed E-state index contributed by atoms with van der Waals surface area (Å²) in [4.78, 5) is 14.0. The van der Waals surface area contributed by atoms with Gasteiger partial charge in [-0.25, -0.2) is 0 Å². The van der Waals surface area contributed by atoms with Crippen molar-refractivity contribution in [2.24, 2.45) is 5.73 Å². The summed E-state index contributed by atoms with van der Waals surface area (Å²) in [6.45, 7) is 1.80. The van der Waals surface area contributed by atoms with Crippen molar-refractivity contribution in [2.45, 2.75) is 12.5 Å². The van der Waals surface area contributed by atoms with Gasteiger partial charge >= 0.3 is 0 Å². The highest BCUT2D eigenvalue weighted by Crippen LogP contribution is 2.27. The normalized spacial score (nSPS) is 13.3. The van der Waals surface area contributed by atoms with Gasteiger partial charge in [0.1, 0.15) is 5.54 Å². The molecule has 0 heterocycles. The average molecular weight is 283 g/mol. The number of nitrogens with two attached hydrogens (primary N) is 1. The van der Waals surface area contributed by atoms with Gasteiger partial charge in [0.15, 0.2) is 0 Å². The molecule has 0 saturated heterocycles. The number of hydrogen-bond acceptors (Lipinski definition) is 3. The van der Waals surface area contributed by atoms with Crippen molar-refractivity contribution in [3.63, 3.8) is 0 Å². The van der Waals surface area contributed by atoms with Crippen LogP contribution in [0.3, 0.4) is 0 Å². The van der Waals surface area contributed by atoms with Crippen LogP contribution in [0.5, 0.6) is 0 Å². The summed E-state index contributed by atoms with van der Waals surface area (Å²) in [5.74, 6) is -0.413. The molecule has 1 amide bonds. The first-order valence-corrected chi connectivity index (χ1v) is 6.84. The second-order valence-corrected chi connectivity index (χ2v) is 5.42. The monoisotopic (exact) mass is 283 g/mol. The second-order valence-electron chi connectivity index (χ2n) is 5.42. The predicted octanol–water partition coefficient (Wildman–Crippen LogP) is 2.57. The SMILES string of the molecule is CN(C)c1ccc(C(C)(Nc2ccccc2)C(N)=O)cc1. The molecule has 4 nitrogen and oxygen atoms in total. The van der Waals surface area contributed by atoms with E-state index in [1.165, 1.54) is 0 Å². The summed E-state index contributed by atoms with van der Waals surface area (Å²) in [7, 11) is 3.95. The molecule has 0 aromatic heterocycles. The maximum Gasteiger partial charge on any atom is 0.247 e. The molecular formula is C17H21N3O. The second kappa shape index (κ2) is 5.87. The number of nitrogens with one attached hydrogen (secondary N) is 1. The van der Waals surface area contributed by atoms with Gasteiger partial charge in [0.05, 0.1) is 0 Å². The Labute approximate surface area is 125 Å². The Bertz CT molecular complexity index is 608. The molecule has 110 valence electrons. The number of amides is 1. The molecule has 0 spiro atoms. The topological polar surface area (TPSA) is 58.4 Å². The molecule has 2 aromatic rings. The number of para-hydroxylation sites is 1. The molecule has 0 aliphatic rings. The summed E-state index contributed by atoms with van der Waals surface area (Å²) in [6, 6.07) is 17.4. The third kappa shape index (κ3) is 3.16. The van der Waals surface area contributed by atoms with Gasteiger partial charge in [-0.3, -0.25) is 4.79 Å². The van der Waals surface area contributed by atoms with Gasteiger partial charge in [0.2, 0.25) is 5.91 Å². The average Bonchev–Trinajstić information content (AvgIpc) is 2.48. The highest BCUT2D eigenvalue weighted by atomic mass is 16.1. The maximum atomic E-state index is 12.0. The molecule has 3 N–H and O–H groups in total. The van der Waals surface area contributed by atoms with E-state index in [2.05, 4.69) is 5.32 Å². The van der Waals surface area contributed by atoms with Gasteiger partial charge in [0, 0.05) is 25.5 Å². The largest absolute Gasteiger partial charge is 0.378 e. The van der Waals surface area contributed by atoms with E-state index in [1.807, 2.05) is 73.6 Å². The van der Waals surface area contributed by atoms with Crippen molar-refractivity contribution >= 4 is 17.3 Å². The molecule has 0 saturated carbocycles. The highest BCUT2D eigenvalue weighted by Gasteiger charge is 2.33. The number of anilines is 2. The standard InChI is InChI=1S/C17H21N3O/c1-17(16(18)21,19-14-7-5-4-6-8-14)13-9-11-15(12-10-13)20(2)3/h4-12,19H,1-3H3,(H2,18,21). The van der Waals surface area contributed by atoms with Crippen LogP contribution in [0.4, 0.5) is 11.4 Å².